The fourth-order valence-corrected chi connectivity index (χ4v) is 2.68. The molecule has 0 spiro atoms. The summed E-state index contributed by atoms with van der Waals surface area (Å²) in [6, 6.07) is 7.62. The first-order valence-electron chi connectivity index (χ1n) is 7.93. The van der Waals surface area contributed by atoms with Crippen molar-refractivity contribution in [1.82, 2.24) is 4.90 Å². The summed E-state index contributed by atoms with van der Waals surface area (Å²) in [5, 5.41) is 0.687. The molecule has 0 saturated heterocycles. The third kappa shape index (κ3) is 5.91. The summed E-state index contributed by atoms with van der Waals surface area (Å²) in [7, 11) is 1.35. The summed E-state index contributed by atoms with van der Waals surface area (Å²) in [5.74, 6) is -0.403. The Kier molecular flexibility index (Phi) is 8.73. The number of hydrogen-bond acceptors (Lipinski definition) is 3. The molecule has 0 unspecified atom stereocenters. The number of allylic oxidation sites excluding steroid dienone is 2. The summed E-state index contributed by atoms with van der Waals surface area (Å²) in [5.41, 5.74) is 3.14. The van der Waals surface area contributed by atoms with Gasteiger partial charge in [-0.3, -0.25) is 0 Å². The van der Waals surface area contributed by atoms with E-state index < -0.39 is 5.97 Å². The van der Waals surface area contributed by atoms with Crippen LogP contribution in [0.1, 0.15) is 32.8 Å². The van der Waals surface area contributed by atoms with Crippen LogP contribution in [-0.2, 0) is 9.53 Å². The van der Waals surface area contributed by atoms with Crippen LogP contribution in [0.3, 0.4) is 0 Å². The maximum absolute atomic E-state index is 11.7. The van der Waals surface area contributed by atoms with E-state index in [1.165, 1.54) is 13.5 Å². The number of carbonyl (C=O) groups is 1. The van der Waals surface area contributed by atoms with Gasteiger partial charge in [-0.1, -0.05) is 50.6 Å². The van der Waals surface area contributed by atoms with Crippen molar-refractivity contribution in [2.24, 2.45) is 0 Å². The predicted molar refractivity (Wildman–Crippen MR) is 109 cm³/mol. The molecule has 0 amide bonds. The lowest BCUT2D eigenvalue weighted by atomic mass is 10.1. The Morgan fingerprint density at radius 2 is 2.04 bits per heavy atom. The lowest BCUT2D eigenvalue weighted by molar-refractivity contribution is -0.135. The molecule has 1 heterocycles. The Labute approximate surface area is 163 Å². The molecule has 25 heavy (non-hydrogen) atoms. The number of halogens is 2. The maximum Gasteiger partial charge on any atom is 0.339 e. The molecule has 134 valence electrons. The molecule has 0 bridgehead atoms. The van der Waals surface area contributed by atoms with E-state index in [0.29, 0.717) is 20.8 Å². The highest BCUT2D eigenvalue weighted by atomic mass is 79.9. The molecule has 0 fully saturated rings. The number of carbonyl (C=O) groups excluding carboxylic acids is 1. The van der Waals surface area contributed by atoms with Crippen molar-refractivity contribution in [1.29, 1.82) is 0 Å². The van der Waals surface area contributed by atoms with Crippen LogP contribution in [0.4, 0.5) is 0 Å². The third-order valence-electron chi connectivity index (χ3n) is 3.22. The second-order valence-corrected chi connectivity index (χ2v) is 6.65. The van der Waals surface area contributed by atoms with E-state index in [2.05, 4.69) is 36.4 Å². The second-order valence-electron chi connectivity index (χ2n) is 5.42. The first kappa shape index (κ1) is 21.3. The van der Waals surface area contributed by atoms with Gasteiger partial charge in [-0.2, -0.15) is 0 Å². The summed E-state index contributed by atoms with van der Waals surface area (Å²) < 4.78 is 5.35. The molecule has 3 nitrogen and oxygen atoms in total. The minimum Gasteiger partial charge on any atom is -0.465 e. The van der Waals surface area contributed by atoms with Crippen molar-refractivity contribution in [2.75, 3.05) is 7.11 Å². The number of ether oxygens (including phenoxy) is 1. The van der Waals surface area contributed by atoms with Crippen molar-refractivity contribution in [3.05, 3.63) is 75.7 Å². The molecular formula is C20H23BrClNO2. The highest BCUT2D eigenvalue weighted by molar-refractivity contribution is 9.12. The number of hydrogen-bond donors (Lipinski definition) is 0. The van der Waals surface area contributed by atoms with Crippen LogP contribution in [0.25, 0.3) is 5.57 Å². The fourth-order valence-electron chi connectivity index (χ4n) is 1.99. The standard InChI is InChI=1S/C17H15BrClNO2.C3H8/c1-11(13-5-4-6-14(19)9-13)10-20-8-7-15(17(21)22-3)16(18)12(20)2;1-3-2/h4-10H,2H2,1,3H3;3H2,1-2H3/b11-10+;. The highest BCUT2D eigenvalue weighted by Gasteiger charge is 2.20. The zero-order valence-electron chi connectivity index (χ0n) is 15.0. The van der Waals surface area contributed by atoms with E-state index in [-0.39, 0.29) is 0 Å². The minimum absolute atomic E-state index is 0.403. The first-order chi connectivity index (χ1) is 11.8. The van der Waals surface area contributed by atoms with Gasteiger partial charge in [-0.25, -0.2) is 4.79 Å². The smallest absolute Gasteiger partial charge is 0.339 e. The van der Waals surface area contributed by atoms with E-state index in [4.69, 9.17) is 16.3 Å². The minimum atomic E-state index is -0.403. The molecule has 1 aliphatic heterocycles. The zero-order chi connectivity index (χ0) is 19.0. The van der Waals surface area contributed by atoms with Crippen LogP contribution < -0.4 is 0 Å². The van der Waals surface area contributed by atoms with Gasteiger partial charge in [0.25, 0.3) is 0 Å². The van der Waals surface area contributed by atoms with Gasteiger partial charge in [0.15, 0.2) is 0 Å². The molecule has 0 N–H and O–H groups in total. The number of rotatable bonds is 3. The molecular weight excluding hydrogens is 402 g/mol. The molecule has 2 rings (SSSR count). The van der Waals surface area contributed by atoms with Gasteiger partial charge in [0.05, 0.1) is 22.9 Å². The summed E-state index contributed by atoms with van der Waals surface area (Å²) >= 11 is 9.41. The van der Waals surface area contributed by atoms with Gasteiger partial charge < -0.3 is 9.64 Å². The first-order valence-corrected chi connectivity index (χ1v) is 9.11. The summed E-state index contributed by atoms with van der Waals surface area (Å²) in [4.78, 5) is 13.5. The van der Waals surface area contributed by atoms with Gasteiger partial charge in [0, 0.05) is 17.4 Å². The van der Waals surface area contributed by atoms with Crippen molar-refractivity contribution in [3.63, 3.8) is 0 Å². The van der Waals surface area contributed by atoms with E-state index in [9.17, 15) is 4.79 Å². The van der Waals surface area contributed by atoms with E-state index in [0.717, 1.165) is 11.1 Å². The van der Waals surface area contributed by atoms with Crippen molar-refractivity contribution in [2.45, 2.75) is 27.2 Å². The fraction of sp³-hybridized carbons (Fsp3) is 0.250. The van der Waals surface area contributed by atoms with E-state index in [1.54, 1.807) is 12.3 Å². The van der Waals surface area contributed by atoms with Crippen LogP contribution in [0.15, 0.2) is 65.1 Å². The normalized spacial score (nSPS) is 14.2. The third-order valence-corrected chi connectivity index (χ3v) is 4.34. The van der Waals surface area contributed by atoms with Crippen LogP contribution >= 0.6 is 27.5 Å². The Bertz CT molecular complexity index is 735. The Morgan fingerprint density at radius 1 is 1.40 bits per heavy atom. The predicted octanol–water partition coefficient (Wildman–Crippen LogP) is 6.28. The molecule has 1 aromatic carbocycles. The van der Waals surface area contributed by atoms with Gasteiger partial charge in [0.2, 0.25) is 0 Å². The van der Waals surface area contributed by atoms with Gasteiger partial charge in [-0.15, -0.1) is 0 Å². The SMILES string of the molecule is C=C1C(Br)=C(C(=O)OC)C=CN1/C=C(\C)c1cccc(Cl)c1.CCC. The Morgan fingerprint density at radius 3 is 2.60 bits per heavy atom. The molecule has 0 aliphatic carbocycles. The number of methoxy groups -OCH3 is 1. The molecule has 0 radical (unpaired) electrons. The maximum atomic E-state index is 11.7. The highest BCUT2D eigenvalue weighted by Crippen LogP contribution is 2.31. The summed E-state index contributed by atoms with van der Waals surface area (Å²) in [6.07, 6.45) is 6.64. The van der Waals surface area contributed by atoms with Crippen LogP contribution in [0, 0.1) is 0 Å². The van der Waals surface area contributed by atoms with Crippen LogP contribution in [0.2, 0.25) is 5.02 Å². The zero-order valence-corrected chi connectivity index (χ0v) is 17.3. The monoisotopic (exact) mass is 423 g/mol. The number of benzene rings is 1. The lowest BCUT2D eigenvalue weighted by Crippen LogP contribution is -2.17. The lowest BCUT2D eigenvalue weighted by Gasteiger charge is -2.24. The Balaban J connectivity index is 0.000000970. The van der Waals surface area contributed by atoms with Gasteiger partial charge in [-0.05, 0) is 52.2 Å². The largest absolute Gasteiger partial charge is 0.465 e. The van der Waals surface area contributed by atoms with E-state index in [1.807, 2.05) is 42.3 Å². The van der Waals surface area contributed by atoms with Crippen LogP contribution in [0.5, 0.6) is 0 Å². The average molecular weight is 425 g/mol. The topological polar surface area (TPSA) is 29.5 Å². The molecule has 0 saturated carbocycles. The van der Waals surface area contributed by atoms with Crippen molar-refractivity contribution in [3.8, 4) is 0 Å². The van der Waals surface area contributed by atoms with Crippen molar-refractivity contribution >= 4 is 39.1 Å². The molecule has 0 atom stereocenters. The van der Waals surface area contributed by atoms with Crippen LogP contribution in [-0.4, -0.2) is 18.0 Å². The van der Waals surface area contributed by atoms with E-state index >= 15 is 0 Å². The molecule has 1 aliphatic rings. The molecule has 5 heteroatoms. The summed E-state index contributed by atoms with van der Waals surface area (Å²) in [6.45, 7) is 10.2. The van der Waals surface area contributed by atoms with Crippen molar-refractivity contribution < 1.29 is 9.53 Å². The Hall–Kier alpha value is -1.78. The quantitative estimate of drug-likeness (QED) is 0.535. The molecule has 0 aromatic heterocycles. The number of esters is 1. The number of nitrogens with zero attached hydrogens (tertiary/aromatic N) is 1. The average Bonchev–Trinajstić information content (AvgIpc) is 2.59. The van der Waals surface area contributed by atoms with Gasteiger partial charge in [0.1, 0.15) is 0 Å². The van der Waals surface area contributed by atoms with Gasteiger partial charge >= 0.3 is 5.97 Å². The molecule has 1 aromatic rings. The second kappa shape index (κ2) is 10.3.